The number of carboxylic acids is 4. The molecule has 0 unspecified atom stereocenters. The van der Waals surface area contributed by atoms with Gasteiger partial charge < -0.3 is 20.4 Å². The van der Waals surface area contributed by atoms with E-state index in [1.54, 1.807) is 30.3 Å². The van der Waals surface area contributed by atoms with Crippen LogP contribution in [0.3, 0.4) is 0 Å². The molecule has 30 heavy (non-hydrogen) atoms. The zero-order chi connectivity index (χ0) is 22.0. The second-order valence-corrected chi connectivity index (χ2v) is 6.29. The van der Waals surface area contributed by atoms with Crippen molar-refractivity contribution in [2.75, 3.05) is 0 Å². The first-order chi connectivity index (χ1) is 14.2. The highest BCUT2D eigenvalue weighted by molar-refractivity contribution is 6.09. The van der Waals surface area contributed by atoms with Gasteiger partial charge in [0.15, 0.2) is 0 Å². The van der Waals surface area contributed by atoms with Gasteiger partial charge in [0.05, 0.1) is 22.3 Å². The Morgan fingerprint density at radius 3 is 1.63 bits per heavy atom. The standard InChI is InChI=1S/C22H14O8/c23-19(24)12-6-7-14(16(8-12)21(27)28)18-15(11-4-2-1-3-5-11)9-13(20(25)26)10-17(18)22(29)30/h1-10H,(H,23,24)(H,25,26)(H,27,28)(H,29,30). The van der Waals surface area contributed by atoms with Crippen LogP contribution in [0.2, 0.25) is 0 Å². The molecule has 0 radical (unpaired) electrons. The van der Waals surface area contributed by atoms with E-state index in [2.05, 4.69) is 0 Å². The molecular weight excluding hydrogens is 392 g/mol. The van der Waals surface area contributed by atoms with Crippen LogP contribution in [0.5, 0.6) is 0 Å². The molecule has 0 saturated carbocycles. The molecule has 0 fully saturated rings. The van der Waals surface area contributed by atoms with Crippen LogP contribution in [-0.2, 0) is 0 Å². The molecule has 4 N–H and O–H groups in total. The molecule has 8 heteroatoms. The van der Waals surface area contributed by atoms with E-state index in [1.807, 2.05) is 0 Å². The fraction of sp³-hybridized carbons (Fsp3) is 0. The molecule has 0 saturated heterocycles. The molecule has 0 aliphatic heterocycles. The third-order valence-corrected chi connectivity index (χ3v) is 4.47. The van der Waals surface area contributed by atoms with E-state index >= 15 is 0 Å². The van der Waals surface area contributed by atoms with Crippen molar-refractivity contribution in [3.05, 3.63) is 82.9 Å². The maximum Gasteiger partial charge on any atom is 0.336 e. The Labute approximate surface area is 169 Å². The van der Waals surface area contributed by atoms with Crippen LogP contribution in [0.25, 0.3) is 22.3 Å². The first kappa shape index (κ1) is 20.3. The van der Waals surface area contributed by atoms with Crippen LogP contribution in [0.1, 0.15) is 41.4 Å². The summed E-state index contributed by atoms with van der Waals surface area (Å²) in [6, 6.07) is 13.8. The van der Waals surface area contributed by atoms with Gasteiger partial charge in [0.1, 0.15) is 0 Å². The van der Waals surface area contributed by atoms with Crippen LogP contribution in [-0.4, -0.2) is 44.3 Å². The minimum absolute atomic E-state index is 0.0203. The predicted octanol–water partition coefficient (Wildman–Crippen LogP) is 3.81. The Morgan fingerprint density at radius 1 is 0.533 bits per heavy atom. The van der Waals surface area contributed by atoms with Crippen molar-refractivity contribution in [2.24, 2.45) is 0 Å². The summed E-state index contributed by atoms with van der Waals surface area (Å²) in [6.45, 7) is 0. The largest absolute Gasteiger partial charge is 0.478 e. The van der Waals surface area contributed by atoms with Gasteiger partial charge in [-0.25, -0.2) is 19.2 Å². The molecule has 0 atom stereocenters. The molecule has 0 spiro atoms. The minimum atomic E-state index is -1.45. The molecule has 0 aliphatic rings. The Kier molecular flexibility index (Phi) is 5.33. The van der Waals surface area contributed by atoms with Gasteiger partial charge in [-0.1, -0.05) is 36.4 Å². The second kappa shape index (κ2) is 7.88. The lowest BCUT2D eigenvalue weighted by Gasteiger charge is -2.17. The van der Waals surface area contributed by atoms with Gasteiger partial charge in [0.2, 0.25) is 0 Å². The summed E-state index contributed by atoms with van der Waals surface area (Å²) in [5, 5.41) is 38.0. The molecule has 150 valence electrons. The van der Waals surface area contributed by atoms with Crippen LogP contribution in [0, 0.1) is 0 Å². The predicted molar refractivity (Wildman–Crippen MR) is 105 cm³/mol. The van der Waals surface area contributed by atoms with Gasteiger partial charge in [0, 0.05) is 5.56 Å². The zero-order valence-electron chi connectivity index (χ0n) is 15.2. The van der Waals surface area contributed by atoms with Gasteiger partial charge >= 0.3 is 23.9 Å². The summed E-state index contributed by atoms with van der Waals surface area (Å²) in [6.07, 6.45) is 0. The fourth-order valence-corrected chi connectivity index (χ4v) is 3.14. The van der Waals surface area contributed by atoms with E-state index in [4.69, 9.17) is 0 Å². The first-order valence-corrected chi connectivity index (χ1v) is 8.51. The first-order valence-electron chi connectivity index (χ1n) is 8.51. The van der Waals surface area contributed by atoms with E-state index in [9.17, 15) is 39.6 Å². The van der Waals surface area contributed by atoms with Crippen molar-refractivity contribution in [1.82, 2.24) is 0 Å². The number of hydrogen-bond donors (Lipinski definition) is 4. The highest BCUT2D eigenvalue weighted by Crippen LogP contribution is 2.38. The average Bonchev–Trinajstić information content (AvgIpc) is 2.72. The second-order valence-electron chi connectivity index (χ2n) is 6.29. The lowest BCUT2D eigenvalue weighted by molar-refractivity contribution is 0.0675. The summed E-state index contributed by atoms with van der Waals surface area (Å²) >= 11 is 0. The van der Waals surface area contributed by atoms with Crippen molar-refractivity contribution in [2.45, 2.75) is 0 Å². The van der Waals surface area contributed by atoms with E-state index in [1.165, 1.54) is 12.1 Å². The number of hydrogen-bond acceptors (Lipinski definition) is 4. The quantitative estimate of drug-likeness (QED) is 0.483. The molecule has 3 aromatic carbocycles. The highest BCUT2D eigenvalue weighted by atomic mass is 16.4. The highest BCUT2D eigenvalue weighted by Gasteiger charge is 2.25. The smallest absolute Gasteiger partial charge is 0.336 e. The van der Waals surface area contributed by atoms with E-state index < -0.39 is 35.0 Å². The normalized spacial score (nSPS) is 10.4. The SMILES string of the molecule is O=C(O)c1ccc(-c2c(C(=O)O)cc(C(=O)O)cc2-c2ccccc2)c(C(=O)O)c1. The van der Waals surface area contributed by atoms with Gasteiger partial charge in [-0.3, -0.25) is 0 Å². The van der Waals surface area contributed by atoms with Crippen LogP contribution < -0.4 is 0 Å². The van der Waals surface area contributed by atoms with Gasteiger partial charge in [0.25, 0.3) is 0 Å². The van der Waals surface area contributed by atoms with Crippen molar-refractivity contribution in [3.8, 4) is 22.3 Å². The van der Waals surface area contributed by atoms with Crippen molar-refractivity contribution >= 4 is 23.9 Å². The molecule has 0 heterocycles. The summed E-state index contributed by atoms with van der Waals surface area (Å²) in [5.41, 5.74) is -0.800. The van der Waals surface area contributed by atoms with Gasteiger partial charge in [-0.2, -0.15) is 0 Å². The Balaban J connectivity index is 2.48. The molecule has 0 aromatic heterocycles. The maximum atomic E-state index is 12.0. The van der Waals surface area contributed by atoms with E-state index in [-0.39, 0.29) is 27.8 Å². The summed E-state index contributed by atoms with van der Waals surface area (Å²) in [4.78, 5) is 46.6. The molecule has 3 rings (SSSR count). The van der Waals surface area contributed by atoms with Crippen molar-refractivity contribution < 1.29 is 39.6 Å². The molecule has 3 aromatic rings. The topological polar surface area (TPSA) is 149 Å². The number of aromatic carboxylic acids is 4. The molecule has 0 aliphatic carbocycles. The van der Waals surface area contributed by atoms with Crippen LogP contribution in [0.15, 0.2) is 60.7 Å². The average molecular weight is 406 g/mol. The number of rotatable bonds is 6. The molecular formula is C22H14O8. The van der Waals surface area contributed by atoms with Crippen LogP contribution >= 0.6 is 0 Å². The molecule has 8 nitrogen and oxygen atoms in total. The number of carbonyl (C=O) groups is 4. The van der Waals surface area contributed by atoms with Crippen molar-refractivity contribution in [1.29, 1.82) is 0 Å². The minimum Gasteiger partial charge on any atom is -0.478 e. The Hall–Kier alpha value is -4.46. The fourth-order valence-electron chi connectivity index (χ4n) is 3.14. The molecule has 0 bridgehead atoms. The summed E-state index contributed by atoms with van der Waals surface area (Å²) in [5.74, 6) is -5.59. The van der Waals surface area contributed by atoms with Gasteiger partial charge in [-0.05, 0) is 41.0 Å². The monoisotopic (exact) mass is 406 g/mol. The third-order valence-electron chi connectivity index (χ3n) is 4.47. The third kappa shape index (κ3) is 3.74. The summed E-state index contributed by atoms with van der Waals surface area (Å²) < 4.78 is 0. The zero-order valence-corrected chi connectivity index (χ0v) is 15.2. The maximum absolute atomic E-state index is 12.0. The van der Waals surface area contributed by atoms with Crippen LogP contribution in [0.4, 0.5) is 0 Å². The number of benzene rings is 3. The lowest BCUT2D eigenvalue weighted by Crippen LogP contribution is -2.10. The summed E-state index contributed by atoms with van der Waals surface area (Å²) in [7, 11) is 0. The Morgan fingerprint density at radius 2 is 1.10 bits per heavy atom. The lowest BCUT2D eigenvalue weighted by atomic mass is 9.86. The Bertz CT molecular complexity index is 1200. The molecule has 0 amide bonds. The van der Waals surface area contributed by atoms with E-state index in [0.29, 0.717) is 5.56 Å². The number of carboxylic acid groups (broad SMARTS) is 4. The van der Waals surface area contributed by atoms with E-state index in [0.717, 1.165) is 18.2 Å². The van der Waals surface area contributed by atoms with Gasteiger partial charge in [-0.15, -0.1) is 0 Å². The van der Waals surface area contributed by atoms with Crippen molar-refractivity contribution in [3.63, 3.8) is 0 Å².